The Hall–Kier alpha value is -0.770. The Kier molecular flexibility index (Phi) is 2.34. The molecule has 0 fully saturated rings. The molecule has 1 aromatic heterocycles. The third-order valence-electron chi connectivity index (χ3n) is 1.63. The quantitative estimate of drug-likeness (QED) is 0.383. The summed E-state index contributed by atoms with van der Waals surface area (Å²) in [5, 5.41) is 4.17. The first-order chi connectivity index (χ1) is 5.16. The second kappa shape index (κ2) is 3.09. The number of halogens is 1. The molecule has 0 aliphatic rings. The lowest BCUT2D eigenvalue weighted by Crippen LogP contribution is -2.48. The minimum absolute atomic E-state index is 0.558. The molecule has 0 saturated heterocycles. The van der Waals surface area contributed by atoms with Gasteiger partial charge in [0.2, 0.25) is 0 Å². The SMILES string of the molecule is Cc1nn(CCCl)c(C)[n+]1N. The van der Waals surface area contributed by atoms with E-state index in [1.807, 2.05) is 13.8 Å². The van der Waals surface area contributed by atoms with Gasteiger partial charge in [0.15, 0.2) is 0 Å². The summed E-state index contributed by atoms with van der Waals surface area (Å²) < 4.78 is 3.34. The minimum Gasteiger partial charge on any atom is -0.289 e. The van der Waals surface area contributed by atoms with Crippen LogP contribution >= 0.6 is 11.6 Å². The van der Waals surface area contributed by atoms with E-state index in [4.69, 9.17) is 17.4 Å². The monoisotopic (exact) mass is 175 g/mol. The summed E-state index contributed by atoms with van der Waals surface area (Å²) in [6, 6.07) is 0. The van der Waals surface area contributed by atoms with Gasteiger partial charge in [-0.2, -0.15) is 0 Å². The van der Waals surface area contributed by atoms with Crippen molar-refractivity contribution in [3.8, 4) is 0 Å². The fraction of sp³-hybridized carbons (Fsp3) is 0.667. The maximum Gasteiger partial charge on any atom is 0.295 e. The van der Waals surface area contributed by atoms with E-state index < -0.39 is 0 Å². The van der Waals surface area contributed by atoms with Crippen LogP contribution in [0.25, 0.3) is 0 Å². The maximum absolute atomic E-state index is 5.62. The van der Waals surface area contributed by atoms with E-state index in [9.17, 15) is 0 Å². The van der Waals surface area contributed by atoms with Crippen molar-refractivity contribution in [1.82, 2.24) is 9.78 Å². The average molecular weight is 176 g/mol. The minimum atomic E-state index is 0.558. The highest BCUT2D eigenvalue weighted by molar-refractivity contribution is 6.17. The van der Waals surface area contributed by atoms with Gasteiger partial charge in [0.1, 0.15) is 6.54 Å². The molecule has 0 aliphatic carbocycles. The number of rotatable bonds is 2. The zero-order valence-electron chi connectivity index (χ0n) is 6.71. The molecule has 11 heavy (non-hydrogen) atoms. The van der Waals surface area contributed by atoms with Crippen molar-refractivity contribution in [3.63, 3.8) is 0 Å². The van der Waals surface area contributed by atoms with Crippen LogP contribution in [0.3, 0.4) is 0 Å². The van der Waals surface area contributed by atoms with Gasteiger partial charge in [-0.05, 0) is 0 Å². The fourth-order valence-electron chi connectivity index (χ4n) is 0.946. The van der Waals surface area contributed by atoms with E-state index in [0.29, 0.717) is 12.4 Å². The summed E-state index contributed by atoms with van der Waals surface area (Å²) in [5.74, 6) is 7.90. The molecule has 0 saturated carbocycles. The number of nitrogens with two attached hydrogens (primary N) is 1. The number of hydrogen-bond acceptors (Lipinski definition) is 2. The van der Waals surface area contributed by atoms with Crippen LogP contribution in [-0.4, -0.2) is 15.7 Å². The van der Waals surface area contributed by atoms with Crippen molar-refractivity contribution in [2.24, 2.45) is 0 Å². The molecule has 0 bridgehead atoms. The molecular formula is C6H12ClN4+. The van der Waals surface area contributed by atoms with Crippen LogP contribution in [0.1, 0.15) is 11.6 Å². The predicted molar refractivity (Wildman–Crippen MR) is 42.8 cm³/mol. The molecule has 0 spiro atoms. The molecule has 0 aliphatic heterocycles. The Morgan fingerprint density at radius 2 is 2.27 bits per heavy atom. The van der Waals surface area contributed by atoms with E-state index in [-0.39, 0.29) is 0 Å². The molecule has 0 aromatic carbocycles. The first-order valence-corrected chi connectivity index (χ1v) is 3.97. The molecule has 1 heterocycles. The van der Waals surface area contributed by atoms with E-state index in [0.717, 1.165) is 11.6 Å². The standard InChI is InChI=1S/C6H12ClN4/c1-5-9-10(4-3-7)6(2)11(5)8/h3-4,8H2,1-2H3/q+1. The Morgan fingerprint density at radius 1 is 1.64 bits per heavy atom. The molecule has 5 heteroatoms. The van der Waals surface area contributed by atoms with Crippen LogP contribution in [0.4, 0.5) is 0 Å². The lowest BCUT2D eigenvalue weighted by molar-refractivity contribution is -0.652. The van der Waals surface area contributed by atoms with Gasteiger partial charge >= 0.3 is 0 Å². The van der Waals surface area contributed by atoms with Crippen LogP contribution in [0.5, 0.6) is 0 Å². The Balaban J connectivity index is 2.98. The summed E-state index contributed by atoms with van der Waals surface area (Å²) in [5.41, 5.74) is 0. The highest BCUT2D eigenvalue weighted by atomic mass is 35.5. The zero-order chi connectivity index (χ0) is 8.43. The lowest BCUT2D eigenvalue weighted by atomic mass is 10.6. The topological polar surface area (TPSA) is 47.7 Å². The van der Waals surface area contributed by atoms with Gasteiger partial charge in [0.25, 0.3) is 11.6 Å². The third kappa shape index (κ3) is 1.45. The number of nitrogen functional groups attached to an aromatic ring is 1. The predicted octanol–water partition coefficient (Wildman–Crippen LogP) is -0.260. The van der Waals surface area contributed by atoms with Crippen LogP contribution in [0.2, 0.25) is 0 Å². The third-order valence-corrected chi connectivity index (χ3v) is 1.80. The van der Waals surface area contributed by atoms with Crippen molar-refractivity contribution in [1.29, 1.82) is 0 Å². The van der Waals surface area contributed by atoms with Crippen molar-refractivity contribution >= 4 is 11.6 Å². The maximum atomic E-state index is 5.62. The van der Waals surface area contributed by atoms with Gasteiger partial charge in [-0.15, -0.1) is 21.0 Å². The molecule has 62 valence electrons. The van der Waals surface area contributed by atoms with Crippen molar-refractivity contribution in [3.05, 3.63) is 11.6 Å². The number of hydrogen-bond donors (Lipinski definition) is 1. The molecule has 0 atom stereocenters. The second-order valence-electron chi connectivity index (χ2n) is 2.38. The Labute approximate surface area is 70.5 Å². The van der Waals surface area contributed by atoms with Crippen molar-refractivity contribution in [2.45, 2.75) is 20.4 Å². The van der Waals surface area contributed by atoms with E-state index in [1.165, 1.54) is 0 Å². The van der Waals surface area contributed by atoms with E-state index >= 15 is 0 Å². The van der Waals surface area contributed by atoms with Gasteiger partial charge in [-0.3, -0.25) is 5.84 Å². The normalized spacial score (nSPS) is 10.5. The van der Waals surface area contributed by atoms with Crippen molar-refractivity contribution < 1.29 is 4.68 Å². The number of aryl methyl sites for hydroxylation is 2. The summed E-state index contributed by atoms with van der Waals surface area (Å²) in [4.78, 5) is 0. The Morgan fingerprint density at radius 3 is 2.64 bits per heavy atom. The largest absolute Gasteiger partial charge is 0.295 e. The fourth-order valence-corrected chi connectivity index (χ4v) is 1.11. The molecule has 4 nitrogen and oxygen atoms in total. The molecular weight excluding hydrogens is 164 g/mol. The van der Waals surface area contributed by atoms with Crippen LogP contribution in [-0.2, 0) is 6.54 Å². The van der Waals surface area contributed by atoms with Gasteiger partial charge in [0, 0.05) is 18.9 Å². The first-order valence-electron chi connectivity index (χ1n) is 3.44. The molecule has 1 aromatic rings. The molecule has 1 rings (SSSR count). The highest BCUT2D eigenvalue weighted by Gasteiger charge is 2.15. The number of alkyl halides is 1. The van der Waals surface area contributed by atoms with Gasteiger partial charge in [-0.25, -0.2) is 0 Å². The zero-order valence-corrected chi connectivity index (χ0v) is 7.47. The molecule has 0 amide bonds. The van der Waals surface area contributed by atoms with E-state index in [1.54, 1.807) is 9.36 Å². The smallest absolute Gasteiger partial charge is 0.289 e. The summed E-state index contributed by atoms with van der Waals surface area (Å²) in [7, 11) is 0. The highest BCUT2D eigenvalue weighted by Crippen LogP contribution is 1.92. The van der Waals surface area contributed by atoms with Crippen LogP contribution in [0, 0.1) is 13.8 Å². The summed E-state index contributed by atoms with van der Waals surface area (Å²) in [6.07, 6.45) is 0. The summed E-state index contributed by atoms with van der Waals surface area (Å²) >= 11 is 5.56. The van der Waals surface area contributed by atoms with Crippen LogP contribution < -0.4 is 10.5 Å². The van der Waals surface area contributed by atoms with Gasteiger partial charge in [-0.1, -0.05) is 0 Å². The lowest BCUT2D eigenvalue weighted by Gasteiger charge is -1.90. The number of nitrogens with zero attached hydrogens (tertiary/aromatic N) is 3. The van der Waals surface area contributed by atoms with Crippen molar-refractivity contribution in [2.75, 3.05) is 11.7 Å². The molecule has 0 unspecified atom stereocenters. The summed E-state index contributed by atoms with van der Waals surface area (Å²) in [6.45, 7) is 4.47. The van der Waals surface area contributed by atoms with Gasteiger partial charge in [0.05, 0.1) is 5.88 Å². The Bertz CT molecular complexity index is 255. The van der Waals surface area contributed by atoms with E-state index in [2.05, 4.69) is 5.10 Å². The number of aromatic nitrogens is 3. The second-order valence-corrected chi connectivity index (χ2v) is 2.75. The van der Waals surface area contributed by atoms with Crippen LogP contribution in [0.15, 0.2) is 0 Å². The van der Waals surface area contributed by atoms with Gasteiger partial charge < -0.3 is 0 Å². The average Bonchev–Trinajstić information content (AvgIpc) is 2.19. The molecule has 2 N–H and O–H groups in total. The first kappa shape index (κ1) is 8.33. The molecule has 0 radical (unpaired) electrons.